The summed E-state index contributed by atoms with van der Waals surface area (Å²) in [5.41, 5.74) is 6.03. The van der Waals surface area contributed by atoms with E-state index in [4.69, 9.17) is 5.73 Å². The van der Waals surface area contributed by atoms with Gasteiger partial charge in [-0.3, -0.25) is 4.79 Å². The zero-order valence-electron chi connectivity index (χ0n) is 11.0. The molecule has 1 heterocycles. The van der Waals surface area contributed by atoms with Crippen molar-refractivity contribution in [3.63, 3.8) is 0 Å². The highest BCUT2D eigenvalue weighted by atomic mass is 16.3. The third-order valence-electron chi connectivity index (χ3n) is 3.47. The second-order valence-electron chi connectivity index (χ2n) is 5.48. The van der Waals surface area contributed by atoms with Crippen LogP contribution in [0.1, 0.15) is 18.9 Å². The monoisotopic (exact) mass is 264 g/mol. The number of β-amino-alcohol motifs (C(OH)–C–C–N with tert-alkyl or cyclic N) is 1. The highest BCUT2D eigenvalue weighted by molar-refractivity contribution is 5.82. The van der Waals surface area contributed by atoms with Crippen LogP contribution in [-0.4, -0.2) is 45.8 Å². The molecule has 0 aliphatic carbocycles. The number of aliphatic hydroxyl groups is 1. The van der Waals surface area contributed by atoms with Crippen LogP contribution in [0.4, 0.5) is 0 Å². The van der Waals surface area contributed by atoms with Crippen molar-refractivity contribution in [2.45, 2.75) is 31.4 Å². The van der Waals surface area contributed by atoms with E-state index in [9.17, 15) is 15.0 Å². The summed E-state index contributed by atoms with van der Waals surface area (Å²) in [4.78, 5) is 13.8. The fourth-order valence-electron chi connectivity index (χ4n) is 2.34. The van der Waals surface area contributed by atoms with Gasteiger partial charge in [0.2, 0.25) is 5.91 Å². The van der Waals surface area contributed by atoms with E-state index >= 15 is 0 Å². The molecule has 1 aromatic carbocycles. The van der Waals surface area contributed by atoms with Crippen LogP contribution in [-0.2, 0) is 11.2 Å². The Kier molecular flexibility index (Phi) is 3.78. The number of phenols is 1. The van der Waals surface area contributed by atoms with Crippen LogP contribution in [0.2, 0.25) is 0 Å². The largest absolute Gasteiger partial charge is 0.508 e. The van der Waals surface area contributed by atoms with Gasteiger partial charge in [-0.2, -0.15) is 0 Å². The molecule has 104 valence electrons. The summed E-state index contributed by atoms with van der Waals surface area (Å²) in [5, 5.41) is 19.0. The van der Waals surface area contributed by atoms with E-state index in [1.807, 2.05) is 0 Å². The number of carbonyl (C=O) groups is 1. The second kappa shape index (κ2) is 5.19. The molecule has 0 radical (unpaired) electrons. The number of aromatic hydroxyl groups is 1. The predicted octanol–water partition coefficient (Wildman–Crippen LogP) is 0.245. The molecule has 1 aromatic rings. The Morgan fingerprint density at radius 3 is 2.63 bits per heavy atom. The lowest BCUT2D eigenvalue weighted by atomic mass is 10.1. The number of amides is 1. The molecule has 0 aromatic heterocycles. The maximum atomic E-state index is 12.1. The van der Waals surface area contributed by atoms with Crippen molar-refractivity contribution in [2.24, 2.45) is 5.73 Å². The van der Waals surface area contributed by atoms with Crippen LogP contribution in [0.25, 0.3) is 0 Å². The van der Waals surface area contributed by atoms with E-state index < -0.39 is 11.6 Å². The molecule has 5 heteroatoms. The Morgan fingerprint density at radius 2 is 2.11 bits per heavy atom. The third-order valence-corrected chi connectivity index (χ3v) is 3.47. The lowest BCUT2D eigenvalue weighted by Crippen LogP contribution is -2.45. The standard InChI is InChI=1S/C14H20N2O3/c1-14(19)6-7-16(9-14)13(18)12(15)8-10-2-4-11(17)5-3-10/h2-5,12,17,19H,6-9,15H2,1H3/t12-,14?/m1/s1. The van der Waals surface area contributed by atoms with Crippen LogP contribution in [0.15, 0.2) is 24.3 Å². The second-order valence-corrected chi connectivity index (χ2v) is 5.48. The number of nitrogens with zero attached hydrogens (tertiary/aromatic N) is 1. The lowest BCUT2D eigenvalue weighted by Gasteiger charge is -2.22. The molecule has 2 atom stereocenters. The van der Waals surface area contributed by atoms with Gasteiger partial charge in [0.25, 0.3) is 0 Å². The van der Waals surface area contributed by atoms with Crippen molar-refractivity contribution in [1.82, 2.24) is 4.90 Å². The summed E-state index contributed by atoms with van der Waals surface area (Å²) in [6, 6.07) is 6.05. The molecule has 0 saturated carbocycles. The van der Waals surface area contributed by atoms with Gasteiger partial charge in [0, 0.05) is 13.1 Å². The number of carbonyl (C=O) groups excluding carboxylic acids is 1. The molecule has 1 unspecified atom stereocenters. The first-order valence-electron chi connectivity index (χ1n) is 6.42. The Balaban J connectivity index is 1.94. The van der Waals surface area contributed by atoms with E-state index in [2.05, 4.69) is 0 Å². The maximum Gasteiger partial charge on any atom is 0.239 e. The number of benzene rings is 1. The average molecular weight is 264 g/mol. The van der Waals surface area contributed by atoms with Gasteiger partial charge >= 0.3 is 0 Å². The number of phenolic OH excluding ortho intramolecular Hbond substituents is 1. The van der Waals surface area contributed by atoms with E-state index in [0.717, 1.165) is 5.56 Å². The third kappa shape index (κ3) is 3.45. The highest BCUT2D eigenvalue weighted by Crippen LogP contribution is 2.21. The molecule has 19 heavy (non-hydrogen) atoms. The van der Waals surface area contributed by atoms with E-state index in [1.54, 1.807) is 36.1 Å². The number of nitrogens with two attached hydrogens (primary N) is 1. The van der Waals surface area contributed by atoms with Crippen molar-refractivity contribution in [2.75, 3.05) is 13.1 Å². The zero-order valence-corrected chi connectivity index (χ0v) is 11.0. The van der Waals surface area contributed by atoms with E-state index in [0.29, 0.717) is 25.9 Å². The molecule has 1 saturated heterocycles. The van der Waals surface area contributed by atoms with Gasteiger partial charge in [0.1, 0.15) is 5.75 Å². The minimum absolute atomic E-state index is 0.133. The van der Waals surface area contributed by atoms with Crippen molar-refractivity contribution < 1.29 is 15.0 Å². The van der Waals surface area contributed by atoms with Crippen LogP contribution >= 0.6 is 0 Å². The van der Waals surface area contributed by atoms with Crippen molar-refractivity contribution in [3.8, 4) is 5.75 Å². The first-order chi connectivity index (χ1) is 8.87. The Bertz CT molecular complexity index is 456. The number of rotatable bonds is 3. The van der Waals surface area contributed by atoms with Crippen LogP contribution < -0.4 is 5.73 Å². The van der Waals surface area contributed by atoms with Gasteiger partial charge in [-0.15, -0.1) is 0 Å². The molecule has 1 aliphatic heterocycles. The first-order valence-corrected chi connectivity index (χ1v) is 6.42. The summed E-state index contributed by atoms with van der Waals surface area (Å²) < 4.78 is 0. The molecule has 5 nitrogen and oxygen atoms in total. The molecule has 4 N–H and O–H groups in total. The molecular formula is C14H20N2O3. The molecule has 2 rings (SSSR count). The molecule has 1 fully saturated rings. The van der Waals surface area contributed by atoms with Gasteiger partial charge in [-0.05, 0) is 37.5 Å². The van der Waals surface area contributed by atoms with Crippen molar-refractivity contribution in [3.05, 3.63) is 29.8 Å². The minimum atomic E-state index is -0.798. The van der Waals surface area contributed by atoms with Gasteiger partial charge < -0.3 is 20.8 Å². The smallest absolute Gasteiger partial charge is 0.239 e. The van der Waals surface area contributed by atoms with E-state index in [-0.39, 0.29) is 11.7 Å². The maximum absolute atomic E-state index is 12.1. The lowest BCUT2D eigenvalue weighted by molar-refractivity contribution is -0.132. The Hall–Kier alpha value is -1.59. The van der Waals surface area contributed by atoms with Gasteiger partial charge in [0.15, 0.2) is 0 Å². The normalized spacial score (nSPS) is 24.5. The SMILES string of the molecule is CC1(O)CCN(C(=O)[C@H](N)Cc2ccc(O)cc2)C1. The Morgan fingerprint density at radius 1 is 1.47 bits per heavy atom. The number of likely N-dealkylation sites (tertiary alicyclic amines) is 1. The van der Waals surface area contributed by atoms with Crippen molar-refractivity contribution in [1.29, 1.82) is 0 Å². The zero-order chi connectivity index (χ0) is 14.0. The van der Waals surface area contributed by atoms with Crippen molar-refractivity contribution >= 4 is 5.91 Å². The van der Waals surface area contributed by atoms with Gasteiger partial charge in [-0.25, -0.2) is 0 Å². The van der Waals surface area contributed by atoms with E-state index in [1.165, 1.54) is 0 Å². The van der Waals surface area contributed by atoms with Gasteiger partial charge in [0.05, 0.1) is 11.6 Å². The first kappa shape index (κ1) is 13.8. The molecule has 0 spiro atoms. The summed E-state index contributed by atoms with van der Waals surface area (Å²) in [5.74, 6) is 0.0603. The Labute approximate surface area is 112 Å². The summed E-state index contributed by atoms with van der Waals surface area (Å²) in [6.45, 7) is 2.62. The number of hydrogen-bond acceptors (Lipinski definition) is 4. The molecule has 0 bridgehead atoms. The van der Waals surface area contributed by atoms with Crippen LogP contribution in [0.5, 0.6) is 5.75 Å². The quantitative estimate of drug-likeness (QED) is 0.730. The molecular weight excluding hydrogens is 244 g/mol. The van der Waals surface area contributed by atoms with Crippen LogP contribution in [0.3, 0.4) is 0 Å². The number of hydrogen-bond donors (Lipinski definition) is 3. The van der Waals surface area contributed by atoms with Gasteiger partial charge in [-0.1, -0.05) is 12.1 Å². The fourth-order valence-corrected chi connectivity index (χ4v) is 2.34. The minimum Gasteiger partial charge on any atom is -0.508 e. The summed E-state index contributed by atoms with van der Waals surface area (Å²) in [6.07, 6.45) is 1.02. The summed E-state index contributed by atoms with van der Waals surface area (Å²) >= 11 is 0. The summed E-state index contributed by atoms with van der Waals surface area (Å²) in [7, 11) is 0. The predicted molar refractivity (Wildman–Crippen MR) is 71.6 cm³/mol. The molecule has 1 amide bonds. The fraction of sp³-hybridized carbons (Fsp3) is 0.500. The molecule has 1 aliphatic rings. The van der Waals surface area contributed by atoms with Crippen LogP contribution in [0, 0.1) is 0 Å². The highest BCUT2D eigenvalue weighted by Gasteiger charge is 2.35. The average Bonchev–Trinajstić information content (AvgIpc) is 2.71. The topological polar surface area (TPSA) is 86.8 Å².